The van der Waals surface area contributed by atoms with Gasteiger partial charge in [0.05, 0.1) is 6.04 Å². The maximum atomic E-state index is 13.2. The van der Waals surface area contributed by atoms with E-state index in [4.69, 9.17) is 5.73 Å². The first-order valence-electron chi connectivity index (χ1n) is 5.35. The molecule has 0 fully saturated rings. The quantitative estimate of drug-likeness (QED) is 0.892. The van der Waals surface area contributed by atoms with Crippen LogP contribution in [0.1, 0.15) is 22.7 Å². The Morgan fingerprint density at radius 3 is 2.65 bits per heavy atom. The van der Waals surface area contributed by atoms with Crippen molar-refractivity contribution in [1.82, 2.24) is 0 Å². The van der Waals surface area contributed by atoms with Gasteiger partial charge >= 0.3 is 0 Å². The summed E-state index contributed by atoms with van der Waals surface area (Å²) in [6.07, 6.45) is 0. The van der Waals surface area contributed by atoms with Gasteiger partial charge < -0.3 is 5.73 Å². The highest BCUT2D eigenvalue weighted by Crippen LogP contribution is 2.25. The van der Waals surface area contributed by atoms with Gasteiger partial charge in [0.25, 0.3) is 0 Å². The Bertz CT molecular complexity index is 539. The van der Waals surface area contributed by atoms with E-state index in [1.54, 1.807) is 6.07 Å². The summed E-state index contributed by atoms with van der Waals surface area (Å²) >= 11 is 3.42. The van der Waals surface area contributed by atoms with Gasteiger partial charge in [-0.3, -0.25) is 0 Å². The van der Waals surface area contributed by atoms with Crippen LogP contribution in [0.15, 0.2) is 46.9 Å². The number of benzene rings is 2. The van der Waals surface area contributed by atoms with Crippen LogP contribution in [0.2, 0.25) is 0 Å². The Kier molecular flexibility index (Phi) is 3.60. The average molecular weight is 294 g/mol. The molecular formula is C14H13BrFN. The van der Waals surface area contributed by atoms with E-state index in [1.165, 1.54) is 12.1 Å². The molecule has 0 saturated heterocycles. The molecule has 0 spiro atoms. The molecule has 2 rings (SSSR count). The zero-order chi connectivity index (χ0) is 12.4. The minimum Gasteiger partial charge on any atom is -0.320 e. The molecule has 0 aromatic heterocycles. The average Bonchev–Trinajstić information content (AvgIpc) is 2.31. The van der Waals surface area contributed by atoms with E-state index in [2.05, 4.69) is 15.9 Å². The van der Waals surface area contributed by atoms with Gasteiger partial charge in [-0.1, -0.05) is 34.1 Å². The number of hydrogen-bond acceptors (Lipinski definition) is 1. The minimum atomic E-state index is -0.303. The lowest BCUT2D eigenvalue weighted by atomic mass is 9.96. The van der Waals surface area contributed by atoms with E-state index in [1.807, 2.05) is 31.2 Å². The van der Waals surface area contributed by atoms with Gasteiger partial charge in [-0.05, 0) is 47.9 Å². The van der Waals surface area contributed by atoms with E-state index in [9.17, 15) is 4.39 Å². The molecule has 0 aliphatic rings. The van der Waals surface area contributed by atoms with Crippen LogP contribution in [0.25, 0.3) is 0 Å². The van der Waals surface area contributed by atoms with Gasteiger partial charge in [0.1, 0.15) is 5.82 Å². The fraction of sp³-hybridized carbons (Fsp3) is 0.143. The first-order chi connectivity index (χ1) is 8.08. The highest BCUT2D eigenvalue weighted by molar-refractivity contribution is 9.10. The van der Waals surface area contributed by atoms with Gasteiger partial charge in [-0.15, -0.1) is 0 Å². The Morgan fingerprint density at radius 1 is 1.18 bits per heavy atom. The van der Waals surface area contributed by atoms with Gasteiger partial charge in [0.2, 0.25) is 0 Å². The molecule has 0 radical (unpaired) electrons. The third-order valence-electron chi connectivity index (χ3n) is 2.78. The van der Waals surface area contributed by atoms with Crippen LogP contribution in [0.4, 0.5) is 4.39 Å². The lowest BCUT2D eigenvalue weighted by molar-refractivity contribution is 0.623. The summed E-state index contributed by atoms with van der Waals surface area (Å²) in [7, 11) is 0. The number of nitrogens with two attached hydrogens (primary N) is 1. The van der Waals surface area contributed by atoms with Crippen LogP contribution in [-0.4, -0.2) is 0 Å². The zero-order valence-electron chi connectivity index (χ0n) is 9.45. The maximum absolute atomic E-state index is 13.2. The number of hydrogen-bond donors (Lipinski definition) is 1. The molecule has 1 nitrogen and oxygen atoms in total. The van der Waals surface area contributed by atoms with E-state index >= 15 is 0 Å². The van der Waals surface area contributed by atoms with Crippen molar-refractivity contribution in [2.75, 3.05) is 0 Å². The van der Waals surface area contributed by atoms with Crippen LogP contribution in [0, 0.1) is 12.7 Å². The summed E-state index contributed by atoms with van der Waals surface area (Å²) in [5.41, 5.74) is 9.06. The van der Waals surface area contributed by atoms with Gasteiger partial charge in [0, 0.05) is 4.47 Å². The Morgan fingerprint density at radius 2 is 1.94 bits per heavy atom. The van der Waals surface area contributed by atoms with E-state index < -0.39 is 0 Å². The first kappa shape index (κ1) is 12.3. The smallest absolute Gasteiger partial charge is 0.123 e. The van der Waals surface area contributed by atoms with Crippen LogP contribution >= 0.6 is 15.9 Å². The monoisotopic (exact) mass is 293 g/mol. The first-order valence-corrected chi connectivity index (χ1v) is 6.14. The summed E-state index contributed by atoms with van der Waals surface area (Å²) in [6, 6.07) is 12.1. The van der Waals surface area contributed by atoms with Crippen molar-refractivity contribution in [3.8, 4) is 0 Å². The molecule has 3 heteroatoms. The fourth-order valence-corrected chi connectivity index (χ4v) is 2.20. The van der Waals surface area contributed by atoms with Crippen molar-refractivity contribution in [2.24, 2.45) is 5.73 Å². The molecule has 2 aromatic rings. The predicted octanol–water partition coefficient (Wildman–Crippen LogP) is 3.94. The van der Waals surface area contributed by atoms with E-state index in [0.717, 1.165) is 21.2 Å². The lowest BCUT2D eigenvalue weighted by Crippen LogP contribution is -2.13. The Labute approximate surface area is 109 Å². The second-order valence-electron chi connectivity index (χ2n) is 4.03. The summed E-state index contributed by atoms with van der Waals surface area (Å²) in [5, 5.41) is 0. The topological polar surface area (TPSA) is 26.0 Å². The zero-order valence-corrected chi connectivity index (χ0v) is 11.0. The second-order valence-corrected chi connectivity index (χ2v) is 4.95. The van der Waals surface area contributed by atoms with Gasteiger partial charge in [-0.25, -0.2) is 4.39 Å². The summed E-state index contributed by atoms with van der Waals surface area (Å²) < 4.78 is 14.1. The molecule has 0 aliphatic heterocycles. The van der Waals surface area contributed by atoms with Gasteiger partial charge in [-0.2, -0.15) is 0 Å². The van der Waals surface area contributed by atoms with Crippen LogP contribution < -0.4 is 5.73 Å². The second kappa shape index (κ2) is 4.98. The van der Waals surface area contributed by atoms with Gasteiger partial charge in [0.15, 0.2) is 0 Å². The summed E-state index contributed by atoms with van der Waals surface area (Å²) in [4.78, 5) is 0. The Balaban J connectivity index is 2.43. The van der Waals surface area contributed by atoms with Crippen molar-refractivity contribution in [3.05, 3.63) is 69.4 Å². The summed E-state index contributed by atoms with van der Waals surface area (Å²) in [5.74, 6) is -0.259. The van der Waals surface area contributed by atoms with Crippen molar-refractivity contribution in [1.29, 1.82) is 0 Å². The molecule has 1 atom stereocenters. The number of rotatable bonds is 2. The molecule has 2 N–H and O–H groups in total. The molecule has 0 bridgehead atoms. The van der Waals surface area contributed by atoms with Crippen LogP contribution in [0.3, 0.4) is 0 Å². The minimum absolute atomic E-state index is 0.259. The molecule has 17 heavy (non-hydrogen) atoms. The fourth-order valence-electron chi connectivity index (χ4n) is 1.83. The molecule has 0 saturated carbocycles. The van der Waals surface area contributed by atoms with Crippen LogP contribution in [-0.2, 0) is 0 Å². The van der Waals surface area contributed by atoms with Crippen LogP contribution in [0.5, 0.6) is 0 Å². The van der Waals surface area contributed by atoms with Crippen molar-refractivity contribution in [2.45, 2.75) is 13.0 Å². The van der Waals surface area contributed by atoms with E-state index in [-0.39, 0.29) is 11.9 Å². The predicted molar refractivity (Wildman–Crippen MR) is 71.3 cm³/mol. The van der Waals surface area contributed by atoms with Crippen molar-refractivity contribution < 1.29 is 4.39 Å². The highest BCUT2D eigenvalue weighted by atomic mass is 79.9. The van der Waals surface area contributed by atoms with Crippen molar-refractivity contribution in [3.63, 3.8) is 0 Å². The molecule has 2 aromatic carbocycles. The third-order valence-corrected chi connectivity index (χ3v) is 3.28. The largest absolute Gasteiger partial charge is 0.320 e. The third kappa shape index (κ3) is 2.73. The summed E-state index contributed by atoms with van der Waals surface area (Å²) in [6.45, 7) is 2.00. The SMILES string of the molecule is Cc1ccc(Br)cc1C(N)c1cccc(F)c1. The molecular weight excluding hydrogens is 281 g/mol. The molecule has 1 unspecified atom stereocenters. The normalized spacial score (nSPS) is 12.5. The molecule has 0 aliphatic carbocycles. The highest BCUT2D eigenvalue weighted by Gasteiger charge is 2.12. The number of halogens is 2. The Hall–Kier alpha value is -1.19. The molecule has 0 amide bonds. The number of aryl methyl sites for hydroxylation is 1. The molecule has 88 valence electrons. The standard InChI is InChI=1S/C14H13BrFN/c1-9-5-6-11(15)8-13(9)14(17)10-3-2-4-12(16)7-10/h2-8,14H,17H2,1H3. The van der Waals surface area contributed by atoms with Crippen molar-refractivity contribution >= 4 is 15.9 Å². The lowest BCUT2D eigenvalue weighted by Gasteiger charge is -2.15. The van der Waals surface area contributed by atoms with E-state index in [0.29, 0.717) is 0 Å². The maximum Gasteiger partial charge on any atom is 0.123 e. The molecule has 0 heterocycles.